The van der Waals surface area contributed by atoms with Crippen molar-refractivity contribution in [1.82, 2.24) is 4.90 Å². The maximum absolute atomic E-state index is 12.5. The number of nitrogens with zero attached hydrogens (tertiary/aromatic N) is 1. The van der Waals surface area contributed by atoms with Crippen molar-refractivity contribution in [3.8, 4) is 5.75 Å². The lowest BCUT2D eigenvalue weighted by molar-refractivity contribution is -0.130. The second kappa shape index (κ2) is 7.70. The van der Waals surface area contributed by atoms with Gasteiger partial charge in [0.05, 0.1) is 5.56 Å². The van der Waals surface area contributed by atoms with Crippen molar-refractivity contribution >= 4 is 28.8 Å². The number of likely N-dealkylation sites (N-methyl/N-ethyl adjacent to an activating group) is 1. The van der Waals surface area contributed by atoms with E-state index in [9.17, 15) is 9.59 Å². The number of rotatable bonds is 5. The molecule has 25 heavy (non-hydrogen) atoms. The first-order valence-corrected chi connectivity index (χ1v) is 9.26. The van der Waals surface area contributed by atoms with Gasteiger partial charge in [-0.3, -0.25) is 9.59 Å². The summed E-state index contributed by atoms with van der Waals surface area (Å²) in [5.41, 5.74) is 2.74. The van der Waals surface area contributed by atoms with Gasteiger partial charge in [-0.2, -0.15) is 0 Å². The molecule has 3 rings (SSSR count). The van der Waals surface area contributed by atoms with E-state index < -0.39 is 0 Å². The molecule has 0 unspecified atom stereocenters. The monoisotopic (exact) mass is 358 g/mol. The third-order valence-corrected chi connectivity index (χ3v) is 5.37. The van der Waals surface area contributed by atoms with Crippen molar-refractivity contribution < 1.29 is 14.3 Å². The van der Waals surface area contributed by atoms with Crippen LogP contribution in [-0.4, -0.2) is 37.4 Å². The number of anilines is 1. The van der Waals surface area contributed by atoms with Crippen LogP contribution in [0.15, 0.2) is 29.6 Å². The third-order valence-electron chi connectivity index (χ3n) is 4.28. The van der Waals surface area contributed by atoms with Crippen molar-refractivity contribution in [3.05, 3.63) is 45.6 Å². The summed E-state index contributed by atoms with van der Waals surface area (Å²) in [5.74, 6) is 0.441. The van der Waals surface area contributed by atoms with Gasteiger partial charge in [0.15, 0.2) is 6.61 Å². The van der Waals surface area contributed by atoms with Gasteiger partial charge in [-0.25, -0.2) is 0 Å². The summed E-state index contributed by atoms with van der Waals surface area (Å²) in [6.45, 7) is -0.000252. The second-order valence-corrected chi connectivity index (χ2v) is 7.28. The molecule has 6 heteroatoms. The quantitative estimate of drug-likeness (QED) is 0.892. The molecule has 5 nitrogen and oxygen atoms in total. The molecule has 0 atom stereocenters. The Kier molecular flexibility index (Phi) is 5.38. The van der Waals surface area contributed by atoms with E-state index in [1.807, 2.05) is 5.38 Å². The molecule has 0 saturated heterocycles. The number of hydrogen-bond acceptors (Lipinski definition) is 4. The van der Waals surface area contributed by atoms with Gasteiger partial charge in [0.2, 0.25) is 0 Å². The molecular weight excluding hydrogens is 336 g/mol. The second-order valence-electron chi connectivity index (χ2n) is 6.31. The van der Waals surface area contributed by atoms with Crippen LogP contribution in [0.3, 0.4) is 0 Å². The molecule has 1 aliphatic rings. The van der Waals surface area contributed by atoms with Gasteiger partial charge in [-0.1, -0.05) is 0 Å². The lowest BCUT2D eigenvalue weighted by atomic mass is 9.95. The van der Waals surface area contributed by atoms with Crippen LogP contribution in [0.4, 0.5) is 5.69 Å². The van der Waals surface area contributed by atoms with Crippen molar-refractivity contribution in [2.75, 3.05) is 26.0 Å². The van der Waals surface area contributed by atoms with Gasteiger partial charge in [-0.15, -0.1) is 11.3 Å². The highest BCUT2D eigenvalue weighted by Gasteiger charge is 2.20. The van der Waals surface area contributed by atoms with Crippen LogP contribution < -0.4 is 10.1 Å². The number of benzene rings is 1. The molecular formula is C19H22N2O3S. The van der Waals surface area contributed by atoms with Crippen LogP contribution >= 0.6 is 11.3 Å². The van der Waals surface area contributed by atoms with Gasteiger partial charge >= 0.3 is 0 Å². The SMILES string of the molecule is CN(C)C(=O)COc1ccc(NC(=O)c2csc3c2CCCC3)cc1. The molecule has 0 bridgehead atoms. The minimum absolute atomic E-state index is 0.000252. The Hall–Kier alpha value is -2.34. The van der Waals surface area contributed by atoms with Gasteiger partial charge < -0.3 is 15.0 Å². The van der Waals surface area contributed by atoms with Gasteiger partial charge in [0.1, 0.15) is 5.75 Å². The fourth-order valence-electron chi connectivity index (χ4n) is 2.79. The van der Waals surface area contributed by atoms with E-state index in [1.165, 1.54) is 21.8 Å². The number of fused-ring (bicyclic) bond motifs is 1. The minimum Gasteiger partial charge on any atom is -0.484 e. The number of thiophene rings is 1. The van der Waals surface area contributed by atoms with E-state index >= 15 is 0 Å². The number of ether oxygens (including phenoxy) is 1. The van der Waals surface area contributed by atoms with Crippen LogP contribution in [0.5, 0.6) is 5.75 Å². The molecule has 0 saturated carbocycles. The minimum atomic E-state index is -0.0976. The summed E-state index contributed by atoms with van der Waals surface area (Å²) in [6, 6.07) is 7.07. The summed E-state index contributed by atoms with van der Waals surface area (Å²) in [6.07, 6.45) is 4.45. The molecule has 1 N–H and O–H groups in total. The van der Waals surface area contributed by atoms with Crippen LogP contribution in [0.1, 0.15) is 33.6 Å². The van der Waals surface area contributed by atoms with E-state index in [2.05, 4.69) is 5.32 Å². The largest absolute Gasteiger partial charge is 0.484 e. The summed E-state index contributed by atoms with van der Waals surface area (Å²) in [5, 5.41) is 4.91. The topological polar surface area (TPSA) is 58.6 Å². The zero-order valence-corrected chi connectivity index (χ0v) is 15.3. The van der Waals surface area contributed by atoms with Crippen molar-refractivity contribution in [2.24, 2.45) is 0 Å². The molecule has 1 aromatic heterocycles. The fraction of sp³-hybridized carbons (Fsp3) is 0.368. The summed E-state index contributed by atoms with van der Waals surface area (Å²) in [4.78, 5) is 26.9. The molecule has 0 fully saturated rings. The van der Waals surface area contributed by atoms with Crippen LogP contribution in [0.2, 0.25) is 0 Å². The summed E-state index contributed by atoms with van der Waals surface area (Å²) >= 11 is 1.69. The average molecular weight is 358 g/mol. The molecule has 0 aliphatic heterocycles. The van der Waals surface area contributed by atoms with E-state index in [1.54, 1.807) is 49.7 Å². The Morgan fingerprint density at radius 2 is 1.88 bits per heavy atom. The maximum atomic E-state index is 12.5. The highest BCUT2D eigenvalue weighted by molar-refractivity contribution is 7.10. The first kappa shape index (κ1) is 17.5. The molecule has 132 valence electrons. The van der Waals surface area contributed by atoms with E-state index in [0.717, 1.165) is 24.8 Å². The van der Waals surface area contributed by atoms with Crippen LogP contribution in [0.25, 0.3) is 0 Å². The highest BCUT2D eigenvalue weighted by Crippen LogP contribution is 2.30. The Morgan fingerprint density at radius 1 is 1.16 bits per heavy atom. The number of carbonyl (C=O) groups excluding carboxylic acids is 2. The standard InChI is InChI=1S/C19H22N2O3S/c1-21(2)18(22)11-24-14-9-7-13(8-10-14)20-19(23)16-12-25-17-6-4-3-5-15(16)17/h7-10,12H,3-6,11H2,1-2H3,(H,20,23). The Morgan fingerprint density at radius 3 is 2.60 bits per heavy atom. The Balaban J connectivity index is 1.60. The Bertz CT molecular complexity index is 765. The number of aryl methyl sites for hydroxylation is 1. The van der Waals surface area contributed by atoms with Crippen LogP contribution in [-0.2, 0) is 17.6 Å². The number of amides is 2. The van der Waals surface area contributed by atoms with E-state index in [0.29, 0.717) is 11.4 Å². The summed E-state index contributed by atoms with van der Waals surface area (Å²) < 4.78 is 5.43. The number of carbonyl (C=O) groups is 2. The lowest BCUT2D eigenvalue weighted by Crippen LogP contribution is -2.27. The van der Waals surface area contributed by atoms with Gasteiger partial charge in [-0.05, 0) is 55.5 Å². The van der Waals surface area contributed by atoms with Gasteiger partial charge in [0.25, 0.3) is 11.8 Å². The zero-order valence-electron chi connectivity index (χ0n) is 14.5. The maximum Gasteiger partial charge on any atom is 0.259 e. The normalized spacial score (nSPS) is 13.0. The predicted molar refractivity (Wildman–Crippen MR) is 99.5 cm³/mol. The Labute approximate surface area is 151 Å². The summed E-state index contributed by atoms with van der Waals surface area (Å²) in [7, 11) is 3.38. The lowest BCUT2D eigenvalue weighted by Gasteiger charge is -2.13. The van der Waals surface area contributed by atoms with E-state index in [4.69, 9.17) is 4.74 Å². The third kappa shape index (κ3) is 4.20. The molecule has 1 aromatic carbocycles. The first-order valence-electron chi connectivity index (χ1n) is 8.38. The molecule has 1 aliphatic carbocycles. The zero-order chi connectivity index (χ0) is 17.8. The van der Waals surface area contributed by atoms with Gasteiger partial charge in [0, 0.05) is 30.0 Å². The number of nitrogens with one attached hydrogen (secondary N) is 1. The smallest absolute Gasteiger partial charge is 0.259 e. The molecule has 2 amide bonds. The van der Waals surface area contributed by atoms with Crippen LogP contribution in [0, 0.1) is 0 Å². The van der Waals surface area contributed by atoms with Crippen molar-refractivity contribution in [1.29, 1.82) is 0 Å². The average Bonchev–Trinajstić information content (AvgIpc) is 3.05. The van der Waals surface area contributed by atoms with Crippen molar-refractivity contribution in [2.45, 2.75) is 25.7 Å². The highest BCUT2D eigenvalue weighted by atomic mass is 32.1. The molecule has 1 heterocycles. The van der Waals surface area contributed by atoms with E-state index in [-0.39, 0.29) is 18.4 Å². The fourth-order valence-corrected chi connectivity index (χ4v) is 3.92. The molecule has 0 spiro atoms. The number of hydrogen-bond donors (Lipinski definition) is 1. The molecule has 2 aromatic rings. The predicted octanol–water partition coefficient (Wildman–Crippen LogP) is 3.35. The van der Waals surface area contributed by atoms with Crippen molar-refractivity contribution in [3.63, 3.8) is 0 Å². The first-order chi connectivity index (χ1) is 12.0. The molecule has 0 radical (unpaired) electrons.